The van der Waals surface area contributed by atoms with Crippen molar-refractivity contribution < 1.29 is 0 Å². The van der Waals surface area contributed by atoms with Crippen LogP contribution in [0.5, 0.6) is 0 Å². The van der Waals surface area contributed by atoms with Gasteiger partial charge in [0.15, 0.2) is 0 Å². The lowest BCUT2D eigenvalue weighted by molar-refractivity contribution is 0.911. The monoisotopic (exact) mass is 172 g/mol. The normalized spacial score (nSPS) is 14.2. The second kappa shape index (κ2) is 3.78. The Balaban J connectivity index is 2.16. The Morgan fingerprint density at radius 3 is 2.92 bits per heavy atom. The lowest BCUT2D eigenvalue weighted by atomic mass is 10.0. The van der Waals surface area contributed by atoms with E-state index in [1.54, 1.807) is 11.1 Å². The van der Waals surface area contributed by atoms with E-state index in [0.29, 0.717) is 0 Å². The standard InChI is InChI=1S/C13H16/c1-2-3-5-11-8-9-12-6-4-7-13(12)10-11/h2,8-10H,1,3-7H2. The van der Waals surface area contributed by atoms with Gasteiger partial charge >= 0.3 is 0 Å². The van der Waals surface area contributed by atoms with Crippen LogP contribution in [0.15, 0.2) is 30.9 Å². The van der Waals surface area contributed by atoms with Gasteiger partial charge in [0.1, 0.15) is 0 Å². The first-order valence-electron chi connectivity index (χ1n) is 5.12. The zero-order valence-electron chi connectivity index (χ0n) is 8.05. The molecule has 0 aromatic heterocycles. The summed E-state index contributed by atoms with van der Waals surface area (Å²) in [7, 11) is 0. The number of allylic oxidation sites excluding steroid dienone is 1. The summed E-state index contributed by atoms with van der Waals surface area (Å²) < 4.78 is 0. The predicted molar refractivity (Wildman–Crippen MR) is 57.0 cm³/mol. The van der Waals surface area contributed by atoms with Gasteiger partial charge in [-0.3, -0.25) is 0 Å². The third-order valence-corrected chi connectivity index (χ3v) is 2.80. The van der Waals surface area contributed by atoms with Crippen LogP contribution in [0.4, 0.5) is 0 Å². The Hall–Kier alpha value is -1.04. The van der Waals surface area contributed by atoms with E-state index in [0.717, 1.165) is 12.8 Å². The van der Waals surface area contributed by atoms with E-state index in [1.807, 2.05) is 6.08 Å². The maximum absolute atomic E-state index is 3.75. The van der Waals surface area contributed by atoms with Crippen molar-refractivity contribution >= 4 is 0 Å². The van der Waals surface area contributed by atoms with Gasteiger partial charge < -0.3 is 0 Å². The van der Waals surface area contributed by atoms with Crippen LogP contribution < -0.4 is 0 Å². The molecule has 1 aromatic rings. The molecule has 0 heteroatoms. The van der Waals surface area contributed by atoms with Crippen molar-refractivity contribution in [2.24, 2.45) is 0 Å². The minimum atomic E-state index is 1.10. The minimum Gasteiger partial charge on any atom is -0.103 e. The topological polar surface area (TPSA) is 0 Å². The van der Waals surface area contributed by atoms with Gasteiger partial charge in [0.2, 0.25) is 0 Å². The third-order valence-electron chi connectivity index (χ3n) is 2.80. The van der Waals surface area contributed by atoms with Crippen LogP contribution >= 0.6 is 0 Å². The van der Waals surface area contributed by atoms with Gasteiger partial charge in [0, 0.05) is 0 Å². The smallest absolute Gasteiger partial charge is 0.0244 e. The molecular weight excluding hydrogens is 156 g/mol. The molecule has 68 valence electrons. The maximum atomic E-state index is 3.75. The lowest BCUT2D eigenvalue weighted by Crippen LogP contribution is -1.87. The summed E-state index contributed by atoms with van der Waals surface area (Å²) in [4.78, 5) is 0. The molecule has 1 aliphatic rings. The molecule has 0 N–H and O–H groups in total. The quantitative estimate of drug-likeness (QED) is 0.614. The van der Waals surface area contributed by atoms with Crippen molar-refractivity contribution in [3.63, 3.8) is 0 Å². The van der Waals surface area contributed by atoms with Crippen molar-refractivity contribution in [1.82, 2.24) is 0 Å². The van der Waals surface area contributed by atoms with Crippen molar-refractivity contribution in [2.75, 3.05) is 0 Å². The van der Waals surface area contributed by atoms with Gasteiger partial charge in [-0.15, -0.1) is 6.58 Å². The van der Waals surface area contributed by atoms with Crippen LogP contribution in [0.25, 0.3) is 0 Å². The fraction of sp³-hybridized carbons (Fsp3) is 0.385. The molecule has 0 bridgehead atoms. The molecule has 1 aromatic carbocycles. The van der Waals surface area contributed by atoms with Gasteiger partial charge in [0.25, 0.3) is 0 Å². The van der Waals surface area contributed by atoms with Crippen molar-refractivity contribution in [3.8, 4) is 0 Å². The molecule has 0 spiro atoms. The van der Waals surface area contributed by atoms with Crippen LogP contribution in [0, 0.1) is 0 Å². The summed E-state index contributed by atoms with van der Waals surface area (Å²) in [5, 5.41) is 0. The molecule has 2 rings (SSSR count). The van der Waals surface area contributed by atoms with Gasteiger partial charge in [-0.25, -0.2) is 0 Å². The van der Waals surface area contributed by atoms with Crippen molar-refractivity contribution in [1.29, 1.82) is 0 Å². The van der Waals surface area contributed by atoms with E-state index in [4.69, 9.17) is 0 Å². The summed E-state index contributed by atoms with van der Waals surface area (Å²) in [6, 6.07) is 6.96. The van der Waals surface area contributed by atoms with Gasteiger partial charge in [-0.05, 0) is 48.8 Å². The second-order valence-corrected chi connectivity index (χ2v) is 3.78. The molecule has 0 radical (unpaired) electrons. The highest BCUT2D eigenvalue weighted by molar-refractivity contribution is 5.35. The molecule has 0 atom stereocenters. The Bertz CT molecular complexity index is 310. The second-order valence-electron chi connectivity index (χ2n) is 3.78. The van der Waals surface area contributed by atoms with Crippen LogP contribution in [0.3, 0.4) is 0 Å². The number of aryl methyl sites for hydroxylation is 3. The highest BCUT2D eigenvalue weighted by Crippen LogP contribution is 2.23. The average Bonchev–Trinajstić information content (AvgIpc) is 2.61. The molecular formula is C13H16. The number of hydrogen-bond acceptors (Lipinski definition) is 0. The zero-order valence-corrected chi connectivity index (χ0v) is 8.05. The van der Waals surface area contributed by atoms with Crippen LogP contribution in [-0.2, 0) is 19.3 Å². The number of rotatable bonds is 3. The van der Waals surface area contributed by atoms with E-state index < -0.39 is 0 Å². The molecule has 0 amide bonds. The summed E-state index contributed by atoms with van der Waals surface area (Å²) in [5.41, 5.74) is 4.63. The van der Waals surface area contributed by atoms with Gasteiger partial charge in [0.05, 0.1) is 0 Å². The molecule has 0 unspecified atom stereocenters. The average molecular weight is 172 g/mol. The first kappa shape index (κ1) is 8.55. The summed E-state index contributed by atoms with van der Waals surface area (Å²) in [5.74, 6) is 0. The van der Waals surface area contributed by atoms with E-state index in [9.17, 15) is 0 Å². The first-order chi connectivity index (χ1) is 6.40. The van der Waals surface area contributed by atoms with Crippen molar-refractivity contribution in [2.45, 2.75) is 32.1 Å². The molecule has 13 heavy (non-hydrogen) atoms. The van der Waals surface area contributed by atoms with E-state index in [-0.39, 0.29) is 0 Å². The number of hydrogen-bond donors (Lipinski definition) is 0. The molecule has 0 nitrogen and oxygen atoms in total. The van der Waals surface area contributed by atoms with Crippen molar-refractivity contribution in [3.05, 3.63) is 47.5 Å². The SMILES string of the molecule is C=CCCc1ccc2c(c1)CCC2. The predicted octanol–water partition coefficient (Wildman–Crippen LogP) is 3.29. The minimum absolute atomic E-state index is 1.10. The molecule has 0 fully saturated rings. The lowest BCUT2D eigenvalue weighted by Gasteiger charge is -2.02. The Morgan fingerprint density at radius 2 is 2.08 bits per heavy atom. The molecule has 0 saturated heterocycles. The Kier molecular flexibility index (Phi) is 2.49. The van der Waals surface area contributed by atoms with E-state index >= 15 is 0 Å². The fourth-order valence-electron chi connectivity index (χ4n) is 2.05. The maximum Gasteiger partial charge on any atom is -0.0244 e. The molecule has 0 aliphatic heterocycles. The Labute approximate surface area is 80.3 Å². The number of benzene rings is 1. The van der Waals surface area contributed by atoms with Gasteiger partial charge in [-0.2, -0.15) is 0 Å². The summed E-state index contributed by atoms with van der Waals surface area (Å²) >= 11 is 0. The molecule has 1 aliphatic carbocycles. The fourth-order valence-corrected chi connectivity index (χ4v) is 2.05. The zero-order chi connectivity index (χ0) is 9.10. The number of fused-ring (bicyclic) bond motifs is 1. The third kappa shape index (κ3) is 1.82. The largest absolute Gasteiger partial charge is 0.103 e. The Morgan fingerprint density at radius 1 is 1.23 bits per heavy atom. The highest BCUT2D eigenvalue weighted by Gasteiger charge is 2.09. The van der Waals surface area contributed by atoms with Crippen LogP contribution in [-0.4, -0.2) is 0 Å². The highest BCUT2D eigenvalue weighted by atomic mass is 14.1. The molecule has 0 saturated carbocycles. The summed E-state index contributed by atoms with van der Waals surface area (Å²) in [6.07, 6.45) is 8.16. The van der Waals surface area contributed by atoms with Crippen LogP contribution in [0.1, 0.15) is 29.5 Å². The van der Waals surface area contributed by atoms with E-state index in [1.165, 1.54) is 24.8 Å². The summed E-state index contributed by atoms with van der Waals surface area (Å²) in [6.45, 7) is 3.75. The van der Waals surface area contributed by atoms with Gasteiger partial charge in [-0.1, -0.05) is 24.3 Å². The van der Waals surface area contributed by atoms with Crippen LogP contribution in [0.2, 0.25) is 0 Å². The van der Waals surface area contributed by atoms with E-state index in [2.05, 4.69) is 24.8 Å². The first-order valence-corrected chi connectivity index (χ1v) is 5.12. The molecule has 0 heterocycles.